The zero-order chi connectivity index (χ0) is 13.7. The van der Waals surface area contributed by atoms with Crippen LogP contribution in [0.4, 0.5) is 0 Å². The van der Waals surface area contributed by atoms with Gasteiger partial charge < -0.3 is 20.3 Å². The second-order valence-corrected chi connectivity index (χ2v) is 4.76. The van der Waals surface area contributed by atoms with Gasteiger partial charge >= 0.3 is 0 Å². The smallest absolute Gasteiger partial charge is 0.220 e. The number of hydrogen-bond donors (Lipinski definition) is 3. The van der Waals surface area contributed by atoms with Crippen LogP contribution < -0.4 is 5.32 Å². The molecule has 3 N–H and O–H groups in total. The van der Waals surface area contributed by atoms with Crippen LogP contribution in [-0.2, 0) is 16.0 Å². The summed E-state index contributed by atoms with van der Waals surface area (Å²) < 4.78 is 5.10. The zero-order valence-corrected chi connectivity index (χ0v) is 10.7. The van der Waals surface area contributed by atoms with Gasteiger partial charge in [0.2, 0.25) is 5.91 Å². The van der Waals surface area contributed by atoms with Gasteiger partial charge in [-0.2, -0.15) is 0 Å². The summed E-state index contributed by atoms with van der Waals surface area (Å²) >= 11 is 0. The minimum absolute atomic E-state index is 0.109. The summed E-state index contributed by atoms with van der Waals surface area (Å²) in [5.74, 6) is -0.148. The van der Waals surface area contributed by atoms with Crippen molar-refractivity contribution >= 4 is 5.91 Å². The molecule has 1 aliphatic rings. The number of benzene rings is 1. The summed E-state index contributed by atoms with van der Waals surface area (Å²) in [6, 6.07) is 9.20. The quantitative estimate of drug-likeness (QED) is 0.708. The highest BCUT2D eigenvalue weighted by Crippen LogP contribution is 2.09. The lowest BCUT2D eigenvalue weighted by molar-refractivity contribution is -0.131. The van der Waals surface area contributed by atoms with Gasteiger partial charge in [-0.05, 0) is 12.0 Å². The zero-order valence-electron chi connectivity index (χ0n) is 10.7. The predicted molar refractivity (Wildman–Crippen MR) is 69.5 cm³/mol. The van der Waals surface area contributed by atoms with Gasteiger partial charge in [-0.15, -0.1) is 0 Å². The highest BCUT2D eigenvalue weighted by atomic mass is 16.5. The lowest BCUT2D eigenvalue weighted by Crippen LogP contribution is -2.55. The topological polar surface area (TPSA) is 78.8 Å². The van der Waals surface area contributed by atoms with Crippen molar-refractivity contribution < 1.29 is 19.7 Å². The minimum Gasteiger partial charge on any atom is -0.388 e. The van der Waals surface area contributed by atoms with E-state index in [1.54, 1.807) is 0 Å². The molecule has 1 aromatic carbocycles. The fraction of sp³-hybridized carbons (Fsp3) is 0.500. The molecular weight excluding hydrogens is 246 g/mol. The van der Waals surface area contributed by atoms with Crippen LogP contribution in [0.25, 0.3) is 0 Å². The minimum atomic E-state index is -0.963. The van der Waals surface area contributed by atoms with Gasteiger partial charge in [0.05, 0.1) is 19.3 Å². The molecule has 0 aromatic heterocycles. The Hall–Kier alpha value is -1.43. The molecule has 1 aromatic rings. The molecule has 1 aliphatic heterocycles. The van der Waals surface area contributed by atoms with Crippen LogP contribution in [-0.4, -0.2) is 47.6 Å². The number of aliphatic hydroxyl groups is 2. The lowest BCUT2D eigenvalue weighted by atomic mass is 10.0. The monoisotopic (exact) mass is 265 g/mol. The molecular formula is C14H19NO4. The van der Waals surface area contributed by atoms with E-state index in [-0.39, 0.29) is 19.1 Å². The summed E-state index contributed by atoms with van der Waals surface area (Å²) in [4.78, 5) is 11.8. The molecule has 0 radical (unpaired) electrons. The van der Waals surface area contributed by atoms with Crippen molar-refractivity contribution in [2.24, 2.45) is 0 Å². The number of aliphatic hydroxyl groups excluding tert-OH is 2. The summed E-state index contributed by atoms with van der Waals surface area (Å²) in [6.07, 6.45) is -0.898. The summed E-state index contributed by atoms with van der Waals surface area (Å²) in [6.45, 7) is 0.340. The number of amides is 1. The SMILES string of the molecule is O=C(CCc1ccccc1)N[C@@H]1COC[C@@H](O)[C@H]1O. The number of carbonyl (C=O) groups excluding carboxylic acids is 1. The molecule has 104 valence electrons. The molecule has 0 saturated carbocycles. The van der Waals surface area contributed by atoms with E-state index in [0.717, 1.165) is 5.56 Å². The Kier molecular flexibility index (Phi) is 4.90. The predicted octanol–water partition coefficient (Wildman–Crippen LogP) is -0.144. The maximum absolute atomic E-state index is 11.8. The van der Waals surface area contributed by atoms with Crippen molar-refractivity contribution in [1.29, 1.82) is 0 Å². The van der Waals surface area contributed by atoms with Crippen molar-refractivity contribution in [2.45, 2.75) is 31.1 Å². The van der Waals surface area contributed by atoms with E-state index in [2.05, 4.69) is 5.32 Å². The third kappa shape index (κ3) is 4.02. The normalized spacial score (nSPS) is 26.9. The standard InChI is InChI=1S/C14H19NO4/c16-12-9-19-8-11(14(12)18)15-13(17)7-6-10-4-2-1-3-5-10/h1-5,11-12,14,16,18H,6-9H2,(H,15,17)/t11-,12-,14+/m1/s1. The fourth-order valence-corrected chi connectivity index (χ4v) is 2.09. The Morgan fingerprint density at radius 3 is 2.74 bits per heavy atom. The Morgan fingerprint density at radius 2 is 2.00 bits per heavy atom. The van der Waals surface area contributed by atoms with Gasteiger partial charge in [-0.3, -0.25) is 4.79 Å². The van der Waals surface area contributed by atoms with Crippen molar-refractivity contribution in [1.82, 2.24) is 5.32 Å². The van der Waals surface area contributed by atoms with E-state index in [1.165, 1.54) is 0 Å². The first-order chi connectivity index (χ1) is 9.16. The summed E-state index contributed by atoms with van der Waals surface area (Å²) in [5, 5.41) is 21.9. The average Bonchev–Trinajstić information content (AvgIpc) is 2.43. The van der Waals surface area contributed by atoms with Crippen LogP contribution in [0.15, 0.2) is 30.3 Å². The van der Waals surface area contributed by atoms with Crippen LogP contribution in [0.5, 0.6) is 0 Å². The second kappa shape index (κ2) is 6.65. The molecule has 1 fully saturated rings. The van der Waals surface area contributed by atoms with Gasteiger partial charge in [0.15, 0.2) is 0 Å². The lowest BCUT2D eigenvalue weighted by Gasteiger charge is -2.32. The second-order valence-electron chi connectivity index (χ2n) is 4.76. The largest absolute Gasteiger partial charge is 0.388 e. The van der Waals surface area contributed by atoms with Crippen molar-refractivity contribution in [2.75, 3.05) is 13.2 Å². The average molecular weight is 265 g/mol. The molecule has 0 bridgehead atoms. The fourth-order valence-electron chi connectivity index (χ4n) is 2.09. The molecule has 2 rings (SSSR count). The molecule has 1 heterocycles. The maximum Gasteiger partial charge on any atom is 0.220 e. The van der Waals surface area contributed by atoms with E-state index < -0.39 is 18.2 Å². The van der Waals surface area contributed by atoms with Gasteiger partial charge in [0.25, 0.3) is 0 Å². The van der Waals surface area contributed by atoms with E-state index in [1.807, 2.05) is 30.3 Å². The van der Waals surface area contributed by atoms with Crippen LogP contribution in [0, 0.1) is 0 Å². The number of carbonyl (C=O) groups is 1. The van der Waals surface area contributed by atoms with Gasteiger partial charge in [0, 0.05) is 6.42 Å². The first-order valence-corrected chi connectivity index (χ1v) is 6.44. The van der Waals surface area contributed by atoms with E-state index in [4.69, 9.17) is 4.74 Å². The summed E-state index contributed by atoms with van der Waals surface area (Å²) in [7, 11) is 0. The Labute approximate surface area is 112 Å². The van der Waals surface area contributed by atoms with E-state index in [9.17, 15) is 15.0 Å². The molecule has 0 unspecified atom stereocenters. The molecule has 1 amide bonds. The van der Waals surface area contributed by atoms with Crippen molar-refractivity contribution in [3.8, 4) is 0 Å². The molecule has 1 saturated heterocycles. The molecule has 0 aliphatic carbocycles. The summed E-state index contributed by atoms with van der Waals surface area (Å²) in [5.41, 5.74) is 1.10. The van der Waals surface area contributed by atoms with Crippen LogP contribution in [0.1, 0.15) is 12.0 Å². The Morgan fingerprint density at radius 1 is 1.26 bits per heavy atom. The third-order valence-electron chi connectivity index (χ3n) is 3.22. The van der Waals surface area contributed by atoms with Gasteiger partial charge in [-0.25, -0.2) is 0 Å². The third-order valence-corrected chi connectivity index (χ3v) is 3.22. The molecule has 5 nitrogen and oxygen atoms in total. The Balaban J connectivity index is 1.78. The number of hydrogen-bond acceptors (Lipinski definition) is 4. The van der Waals surface area contributed by atoms with Crippen LogP contribution in [0.3, 0.4) is 0 Å². The molecule has 3 atom stereocenters. The van der Waals surface area contributed by atoms with Crippen LogP contribution >= 0.6 is 0 Å². The van der Waals surface area contributed by atoms with Gasteiger partial charge in [0.1, 0.15) is 12.2 Å². The first-order valence-electron chi connectivity index (χ1n) is 6.44. The van der Waals surface area contributed by atoms with Crippen molar-refractivity contribution in [3.63, 3.8) is 0 Å². The maximum atomic E-state index is 11.8. The van der Waals surface area contributed by atoms with E-state index in [0.29, 0.717) is 12.8 Å². The van der Waals surface area contributed by atoms with Gasteiger partial charge in [-0.1, -0.05) is 30.3 Å². The number of rotatable bonds is 4. The number of nitrogens with one attached hydrogen (secondary N) is 1. The van der Waals surface area contributed by atoms with Crippen LogP contribution in [0.2, 0.25) is 0 Å². The molecule has 19 heavy (non-hydrogen) atoms. The highest BCUT2D eigenvalue weighted by molar-refractivity contribution is 5.76. The van der Waals surface area contributed by atoms with E-state index >= 15 is 0 Å². The Bertz CT molecular complexity index is 409. The molecule has 5 heteroatoms. The van der Waals surface area contributed by atoms with Crippen molar-refractivity contribution in [3.05, 3.63) is 35.9 Å². The first kappa shape index (κ1) is 14.0. The highest BCUT2D eigenvalue weighted by Gasteiger charge is 2.32. The number of aryl methyl sites for hydroxylation is 1. The number of ether oxygens (including phenoxy) is 1. The molecule has 0 spiro atoms.